The molecule has 1 aliphatic rings. The van der Waals surface area contributed by atoms with Crippen molar-refractivity contribution in [2.75, 3.05) is 24.5 Å². The van der Waals surface area contributed by atoms with Crippen LogP contribution >= 0.6 is 0 Å². The second-order valence-electron chi connectivity index (χ2n) is 7.34. The zero-order chi connectivity index (χ0) is 23.7. The lowest BCUT2D eigenvalue weighted by Crippen LogP contribution is -2.32. The fourth-order valence-corrected chi connectivity index (χ4v) is 3.56. The summed E-state index contributed by atoms with van der Waals surface area (Å²) in [6, 6.07) is 12.4. The molecular weight excluding hydrogens is 406 g/mol. The van der Waals surface area contributed by atoms with Crippen molar-refractivity contribution in [3.05, 3.63) is 46.7 Å². The number of carbonyl (C=O) groups is 2. The van der Waals surface area contributed by atoms with Gasteiger partial charge in [-0.05, 0) is 30.5 Å². The highest BCUT2D eigenvalue weighted by Gasteiger charge is 2.39. The van der Waals surface area contributed by atoms with Crippen LogP contribution in [0.25, 0.3) is 5.57 Å². The molecule has 1 amide bonds. The molecule has 8 heteroatoms. The molecule has 1 aromatic carbocycles. The summed E-state index contributed by atoms with van der Waals surface area (Å²) < 4.78 is 0. The first-order valence-electron chi connectivity index (χ1n) is 10.5. The number of hydrogen-bond acceptors (Lipinski definition) is 6. The van der Waals surface area contributed by atoms with Crippen molar-refractivity contribution in [3.63, 3.8) is 0 Å². The van der Waals surface area contributed by atoms with E-state index in [1.54, 1.807) is 24.3 Å². The number of carboxylic acid groups (broad SMARTS) is 1. The molecule has 0 aromatic heterocycles. The van der Waals surface area contributed by atoms with E-state index >= 15 is 0 Å². The molecule has 8 nitrogen and oxygen atoms in total. The Bertz CT molecular complexity index is 1040. The quantitative estimate of drug-likeness (QED) is 0.560. The maximum absolute atomic E-state index is 13.0. The molecule has 0 fully saturated rings. The first-order chi connectivity index (χ1) is 15.4. The largest absolute Gasteiger partial charge is 0.480 e. The highest BCUT2D eigenvalue weighted by atomic mass is 16.4. The molecule has 1 N–H and O–H groups in total. The minimum atomic E-state index is -1.32. The maximum Gasteiger partial charge on any atom is 0.323 e. The van der Waals surface area contributed by atoms with E-state index < -0.39 is 24.0 Å². The normalized spacial score (nSPS) is 12.9. The van der Waals surface area contributed by atoms with E-state index in [2.05, 4.69) is 18.7 Å². The molecule has 0 saturated heterocycles. The molecule has 0 bridgehead atoms. The number of allylic oxidation sites excluding steroid dienone is 2. The number of anilines is 1. The van der Waals surface area contributed by atoms with Gasteiger partial charge in [-0.15, -0.1) is 0 Å². The molecule has 1 heterocycles. The van der Waals surface area contributed by atoms with Crippen molar-refractivity contribution in [2.45, 2.75) is 39.5 Å². The molecule has 0 atom stereocenters. The lowest BCUT2D eigenvalue weighted by molar-refractivity contribution is -0.140. The molecular formula is C24H25N5O3. The average Bonchev–Trinajstić information content (AvgIpc) is 3.06. The highest BCUT2D eigenvalue weighted by molar-refractivity contribution is 6.26. The Kier molecular flexibility index (Phi) is 8.57. The van der Waals surface area contributed by atoms with Crippen LogP contribution < -0.4 is 4.90 Å². The van der Waals surface area contributed by atoms with E-state index in [1.165, 1.54) is 0 Å². The smallest absolute Gasteiger partial charge is 0.323 e. The fraction of sp³-hybridized carbons (Fsp3) is 0.375. The molecule has 2 rings (SSSR count). The number of unbranched alkanes of at least 4 members (excludes halogenated alkanes) is 2. The number of nitrogens with zero attached hydrogens (tertiary/aromatic N) is 5. The van der Waals surface area contributed by atoms with Crippen LogP contribution in [-0.4, -0.2) is 41.5 Å². The summed E-state index contributed by atoms with van der Waals surface area (Å²) in [5, 5.41) is 37.5. The molecule has 0 unspecified atom stereocenters. The second kappa shape index (κ2) is 11.3. The van der Waals surface area contributed by atoms with Crippen LogP contribution in [0, 0.1) is 34.0 Å². The third kappa shape index (κ3) is 5.14. The average molecular weight is 431 g/mol. The maximum atomic E-state index is 13.0. The molecule has 0 saturated carbocycles. The Hall–Kier alpha value is -4.09. The van der Waals surface area contributed by atoms with Crippen LogP contribution in [0.15, 0.2) is 41.1 Å². The second-order valence-corrected chi connectivity index (χ2v) is 7.34. The monoisotopic (exact) mass is 431 g/mol. The fourth-order valence-electron chi connectivity index (χ4n) is 3.56. The standard InChI is InChI=1S/C24H25N5O3/c1-3-5-11-28(12-6-4-2)19-9-7-17(8-10-19)22-20(15-27)23(18(13-25)14-26)29(24(22)32)16-21(30)31/h7-10H,3-6,11-12,16H2,1-2H3,(H,30,31). The summed E-state index contributed by atoms with van der Waals surface area (Å²) in [7, 11) is 0. The van der Waals surface area contributed by atoms with Crippen molar-refractivity contribution >= 4 is 23.1 Å². The zero-order valence-electron chi connectivity index (χ0n) is 18.3. The minimum Gasteiger partial charge on any atom is -0.480 e. The van der Waals surface area contributed by atoms with Gasteiger partial charge < -0.3 is 10.0 Å². The number of hydrogen-bond donors (Lipinski definition) is 1. The summed E-state index contributed by atoms with van der Waals surface area (Å²) in [5.74, 6) is -2.04. The highest BCUT2D eigenvalue weighted by Crippen LogP contribution is 2.37. The van der Waals surface area contributed by atoms with Crippen LogP contribution in [0.1, 0.15) is 45.1 Å². The van der Waals surface area contributed by atoms with Crippen molar-refractivity contribution in [1.82, 2.24) is 4.90 Å². The topological polar surface area (TPSA) is 132 Å². The van der Waals surface area contributed by atoms with Gasteiger partial charge in [0.15, 0.2) is 5.57 Å². The first-order valence-corrected chi connectivity index (χ1v) is 10.5. The van der Waals surface area contributed by atoms with Gasteiger partial charge in [0.2, 0.25) is 0 Å². The zero-order valence-corrected chi connectivity index (χ0v) is 18.3. The van der Waals surface area contributed by atoms with Crippen molar-refractivity contribution < 1.29 is 14.7 Å². The van der Waals surface area contributed by atoms with Crippen molar-refractivity contribution in [1.29, 1.82) is 15.8 Å². The van der Waals surface area contributed by atoms with Crippen LogP contribution in [0.3, 0.4) is 0 Å². The van der Waals surface area contributed by atoms with E-state index in [4.69, 9.17) is 0 Å². The molecule has 0 aliphatic carbocycles. The predicted molar refractivity (Wildman–Crippen MR) is 119 cm³/mol. The Labute approximate surface area is 187 Å². The number of aliphatic carboxylic acids is 1. The van der Waals surface area contributed by atoms with Crippen LogP contribution in [0.5, 0.6) is 0 Å². The third-order valence-corrected chi connectivity index (χ3v) is 5.17. The van der Waals surface area contributed by atoms with Gasteiger partial charge in [-0.3, -0.25) is 14.5 Å². The summed E-state index contributed by atoms with van der Waals surface area (Å²) >= 11 is 0. The number of amides is 1. The van der Waals surface area contributed by atoms with Crippen molar-refractivity contribution in [2.24, 2.45) is 0 Å². The number of carbonyl (C=O) groups excluding carboxylic acids is 1. The number of nitriles is 3. The SMILES string of the molecule is CCCCN(CCCC)c1ccc(C2=C(C#N)C(=C(C#N)C#N)N(CC(=O)O)C2=O)cc1. The van der Waals surface area contributed by atoms with Gasteiger partial charge in [0, 0.05) is 18.8 Å². The van der Waals surface area contributed by atoms with Gasteiger partial charge in [-0.1, -0.05) is 38.8 Å². The summed E-state index contributed by atoms with van der Waals surface area (Å²) in [6.07, 6.45) is 4.25. The predicted octanol–water partition coefficient (Wildman–Crippen LogP) is 3.60. The van der Waals surface area contributed by atoms with Gasteiger partial charge in [0.1, 0.15) is 24.8 Å². The molecule has 1 aliphatic heterocycles. The van der Waals surface area contributed by atoms with E-state index in [-0.39, 0.29) is 16.8 Å². The van der Waals surface area contributed by atoms with Crippen LogP contribution in [0.4, 0.5) is 5.69 Å². The Morgan fingerprint density at radius 2 is 1.59 bits per heavy atom. The van der Waals surface area contributed by atoms with Gasteiger partial charge in [-0.25, -0.2) is 0 Å². The van der Waals surface area contributed by atoms with Crippen LogP contribution in [-0.2, 0) is 9.59 Å². The third-order valence-electron chi connectivity index (χ3n) is 5.17. The minimum absolute atomic E-state index is 0.00744. The lowest BCUT2D eigenvalue weighted by Gasteiger charge is -2.25. The van der Waals surface area contributed by atoms with E-state index in [1.807, 2.05) is 18.2 Å². The molecule has 0 radical (unpaired) electrons. The molecule has 1 aromatic rings. The van der Waals surface area contributed by atoms with Crippen molar-refractivity contribution in [3.8, 4) is 18.2 Å². The lowest BCUT2D eigenvalue weighted by atomic mass is 9.99. The number of carboxylic acids is 1. The Morgan fingerprint density at radius 3 is 2.03 bits per heavy atom. The number of benzene rings is 1. The molecule has 32 heavy (non-hydrogen) atoms. The molecule has 164 valence electrons. The van der Waals surface area contributed by atoms with Crippen LogP contribution in [0.2, 0.25) is 0 Å². The van der Waals surface area contributed by atoms with Gasteiger partial charge >= 0.3 is 5.97 Å². The van der Waals surface area contributed by atoms with E-state index in [0.29, 0.717) is 5.56 Å². The molecule has 0 spiro atoms. The first kappa shape index (κ1) is 24.2. The summed E-state index contributed by atoms with van der Waals surface area (Å²) in [5.41, 5.74) is 0.516. The van der Waals surface area contributed by atoms with Gasteiger partial charge in [0.25, 0.3) is 5.91 Å². The number of rotatable bonds is 10. The van der Waals surface area contributed by atoms with Gasteiger partial charge in [-0.2, -0.15) is 15.8 Å². The van der Waals surface area contributed by atoms with E-state index in [9.17, 15) is 30.5 Å². The van der Waals surface area contributed by atoms with Gasteiger partial charge in [0.05, 0.1) is 16.8 Å². The Morgan fingerprint density at radius 1 is 1.03 bits per heavy atom. The summed E-state index contributed by atoms with van der Waals surface area (Å²) in [4.78, 5) is 27.4. The Balaban J connectivity index is 2.54. The van der Waals surface area contributed by atoms with E-state index in [0.717, 1.165) is 49.4 Å². The summed E-state index contributed by atoms with van der Waals surface area (Å²) in [6.45, 7) is 5.33.